The van der Waals surface area contributed by atoms with Crippen molar-refractivity contribution in [2.45, 2.75) is 51.0 Å². The molecule has 1 heterocycles. The van der Waals surface area contributed by atoms with Gasteiger partial charge in [0.05, 0.1) is 11.0 Å². The van der Waals surface area contributed by atoms with Crippen LogP contribution in [0.4, 0.5) is 0 Å². The highest BCUT2D eigenvalue weighted by Crippen LogP contribution is 2.61. The monoisotopic (exact) mass is 356 g/mol. The summed E-state index contributed by atoms with van der Waals surface area (Å²) in [5.74, 6) is 0.365. The van der Waals surface area contributed by atoms with E-state index in [0.717, 1.165) is 32.1 Å². The van der Waals surface area contributed by atoms with Gasteiger partial charge in [-0.15, -0.1) is 0 Å². The summed E-state index contributed by atoms with van der Waals surface area (Å²) in [6.07, 6.45) is 8.42. The first-order valence-corrected chi connectivity index (χ1v) is 9.19. The topological polar surface area (TPSA) is 100 Å². The van der Waals surface area contributed by atoms with Crippen molar-refractivity contribution in [3.63, 3.8) is 0 Å². The van der Waals surface area contributed by atoms with Crippen molar-refractivity contribution in [1.29, 1.82) is 0 Å². The predicted molar refractivity (Wildman–Crippen MR) is 93.5 cm³/mol. The molecule has 7 heteroatoms. The van der Waals surface area contributed by atoms with Crippen LogP contribution in [0.15, 0.2) is 24.5 Å². The molecule has 138 valence electrons. The summed E-state index contributed by atoms with van der Waals surface area (Å²) in [6, 6.07) is 3.32. The molecule has 0 radical (unpaired) electrons. The average Bonchev–Trinajstić information content (AvgIpc) is 2.57. The van der Waals surface area contributed by atoms with Crippen LogP contribution in [0, 0.1) is 17.3 Å². The molecule has 4 atom stereocenters. The summed E-state index contributed by atoms with van der Waals surface area (Å²) in [5.41, 5.74) is 4.77. The normalized spacial score (nSPS) is 34.2. The average molecular weight is 356 g/mol. The number of carbonyl (C=O) groups excluding carboxylic acids is 3. The van der Waals surface area contributed by atoms with Gasteiger partial charge in [0.2, 0.25) is 11.8 Å². The van der Waals surface area contributed by atoms with Gasteiger partial charge in [-0.3, -0.25) is 30.2 Å². The highest BCUT2D eigenvalue weighted by Gasteiger charge is 2.60. The fourth-order valence-corrected chi connectivity index (χ4v) is 5.86. The molecule has 0 aromatic carbocycles. The maximum Gasteiger partial charge on any atom is 0.271 e. The summed E-state index contributed by atoms with van der Waals surface area (Å²) >= 11 is 0. The Kier molecular flexibility index (Phi) is 3.97. The van der Waals surface area contributed by atoms with E-state index in [1.807, 2.05) is 0 Å². The van der Waals surface area contributed by atoms with Gasteiger partial charge >= 0.3 is 0 Å². The number of carbonyl (C=O) groups is 3. The maximum atomic E-state index is 13.0. The highest BCUT2D eigenvalue weighted by molar-refractivity contribution is 5.95. The Morgan fingerprint density at radius 2 is 1.85 bits per heavy atom. The second-order valence-corrected chi connectivity index (χ2v) is 8.35. The molecular formula is C19H24N4O3. The van der Waals surface area contributed by atoms with Crippen LogP contribution in [0.3, 0.4) is 0 Å². The van der Waals surface area contributed by atoms with Crippen LogP contribution in [-0.4, -0.2) is 28.2 Å². The lowest BCUT2D eigenvalue weighted by Crippen LogP contribution is -2.66. The van der Waals surface area contributed by atoms with Crippen LogP contribution in [0.5, 0.6) is 0 Å². The number of rotatable bonds is 3. The van der Waals surface area contributed by atoms with Gasteiger partial charge in [0.15, 0.2) is 0 Å². The lowest BCUT2D eigenvalue weighted by Gasteiger charge is -2.61. The van der Waals surface area contributed by atoms with E-state index >= 15 is 0 Å². The lowest BCUT2D eigenvalue weighted by molar-refractivity contribution is -0.153. The fourth-order valence-electron chi connectivity index (χ4n) is 5.86. The first kappa shape index (κ1) is 17.0. The molecule has 4 saturated carbocycles. The van der Waals surface area contributed by atoms with Crippen molar-refractivity contribution in [3.05, 3.63) is 30.1 Å². The van der Waals surface area contributed by atoms with Gasteiger partial charge in [0, 0.05) is 24.9 Å². The van der Waals surface area contributed by atoms with Gasteiger partial charge < -0.3 is 5.32 Å². The molecule has 1 aromatic rings. The number of nitrogens with one attached hydrogen (secondary N) is 3. The van der Waals surface area contributed by atoms with Gasteiger partial charge in [-0.1, -0.05) is 0 Å². The second kappa shape index (κ2) is 6.07. The number of amides is 3. The van der Waals surface area contributed by atoms with E-state index in [-0.39, 0.29) is 23.3 Å². The summed E-state index contributed by atoms with van der Waals surface area (Å²) in [4.78, 5) is 40.8. The molecule has 4 aliphatic rings. The molecule has 26 heavy (non-hydrogen) atoms. The van der Waals surface area contributed by atoms with E-state index in [1.165, 1.54) is 6.20 Å². The molecule has 0 saturated heterocycles. The zero-order valence-corrected chi connectivity index (χ0v) is 14.9. The first-order valence-electron chi connectivity index (χ1n) is 9.19. The summed E-state index contributed by atoms with van der Waals surface area (Å²) < 4.78 is 0. The minimum absolute atomic E-state index is 0.0348. The molecule has 3 N–H and O–H groups in total. The minimum Gasteiger partial charge on any atom is -0.351 e. The summed E-state index contributed by atoms with van der Waals surface area (Å²) in [5, 5.41) is 3.14. The molecule has 3 amide bonds. The van der Waals surface area contributed by atoms with E-state index in [9.17, 15) is 14.4 Å². The summed E-state index contributed by atoms with van der Waals surface area (Å²) in [6.45, 7) is 1.54. The van der Waals surface area contributed by atoms with Crippen molar-refractivity contribution >= 4 is 17.7 Å². The maximum absolute atomic E-state index is 13.0. The van der Waals surface area contributed by atoms with Gasteiger partial charge in [-0.25, -0.2) is 0 Å². The molecule has 5 rings (SSSR count). The molecule has 2 unspecified atom stereocenters. The third-order valence-electron chi connectivity index (χ3n) is 6.20. The van der Waals surface area contributed by atoms with E-state index in [4.69, 9.17) is 0 Å². The third-order valence-corrected chi connectivity index (χ3v) is 6.20. The molecule has 0 aliphatic heterocycles. The molecule has 0 spiro atoms. The van der Waals surface area contributed by atoms with Crippen molar-refractivity contribution in [3.8, 4) is 0 Å². The molecule has 7 nitrogen and oxygen atoms in total. The van der Waals surface area contributed by atoms with Crippen LogP contribution in [-0.2, 0) is 9.59 Å². The Hall–Kier alpha value is -2.44. The molecule has 4 bridgehead atoms. The van der Waals surface area contributed by atoms with Gasteiger partial charge in [0.1, 0.15) is 0 Å². The number of hydrogen-bond donors (Lipinski definition) is 3. The van der Waals surface area contributed by atoms with E-state index in [0.29, 0.717) is 23.8 Å². The van der Waals surface area contributed by atoms with Gasteiger partial charge in [-0.05, 0) is 62.5 Å². The second-order valence-electron chi connectivity index (χ2n) is 8.35. The Morgan fingerprint density at radius 1 is 1.12 bits per heavy atom. The van der Waals surface area contributed by atoms with Crippen molar-refractivity contribution < 1.29 is 14.4 Å². The van der Waals surface area contributed by atoms with Crippen LogP contribution in [0.1, 0.15) is 55.8 Å². The highest BCUT2D eigenvalue weighted by atomic mass is 16.2. The lowest BCUT2D eigenvalue weighted by atomic mass is 9.46. The Labute approximate surface area is 152 Å². The van der Waals surface area contributed by atoms with Gasteiger partial charge in [-0.2, -0.15) is 0 Å². The zero-order chi connectivity index (χ0) is 18.4. The van der Waals surface area contributed by atoms with Crippen molar-refractivity contribution in [2.24, 2.45) is 17.3 Å². The van der Waals surface area contributed by atoms with Crippen LogP contribution in [0.2, 0.25) is 0 Å². The quantitative estimate of drug-likeness (QED) is 0.711. The largest absolute Gasteiger partial charge is 0.351 e. The van der Waals surface area contributed by atoms with Crippen molar-refractivity contribution in [2.75, 3.05) is 0 Å². The first-order chi connectivity index (χ1) is 12.4. The van der Waals surface area contributed by atoms with Crippen LogP contribution >= 0.6 is 0 Å². The number of pyridine rings is 1. The van der Waals surface area contributed by atoms with Gasteiger partial charge in [0.25, 0.3) is 5.91 Å². The Bertz CT molecular complexity index is 734. The molecular weight excluding hydrogens is 332 g/mol. The third kappa shape index (κ3) is 2.95. The zero-order valence-electron chi connectivity index (χ0n) is 14.9. The fraction of sp³-hybridized carbons (Fsp3) is 0.579. The van der Waals surface area contributed by atoms with E-state index < -0.39 is 5.41 Å². The SMILES string of the molecule is CC(=O)NC12C[C@H]3C[C@@H](C1)CC(C(=O)NNC(=O)c1cccnc1)(C3)C2. The van der Waals surface area contributed by atoms with Crippen molar-refractivity contribution in [1.82, 2.24) is 21.2 Å². The molecule has 4 fully saturated rings. The number of hydrogen-bond acceptors (Lipinski definition) is 4. The predicted octanol–water partition coefficient (Wildman–Crippen LogP) is 1.32. The van der Waals surface area contributed by atoms with Crippen LogP contribution < -0.4 is 16.2 Å². The number of hydrazine groups is 1. The van der Waals surface area contributed by atoms with Crippen LogP contribution in [0.25, 0.3) is 0 Å². The Balaban J connectivity index is 1.47. The standard InChI is InChI=1S/C19H24N4O3/c1-12(24)21-19-8-13-5-14(9-19)7-18(6-13,11-19)17(26)23-22-16(25)15-3-2-4-20-10-15/h2-4,10,13-14H,5-9,11H2,1H3,(H,21,24)(H,22,25)(H,23,26)/t13-,14+,18?,19?. The number of aromatic nitrogens is 1. The smallest absolute Gasteiger partial charge is 0.271 e. The van der Waals surface area contributed by atoms with E-state index in [2.05, 4.69) is 21.2 Å². The molecule has 1 aromatic heterocycles. The number of nitrogens with zero attached hydrogens (tertiary/aromatic N) is 1. The summed E-state index contributed by atoms with van der Waals surface area (Å²) in [7, 11) is 0. The van der Waals surface area contributed by atoms with E-state index in [1.54, 1.807) is 25.3 Å². The Morgan fingerprint density at radius 3 is 2.46 bits per heavy atom. The minimum atomic E-state index is -0.505. The molecule has 4 aliphatic carbocycles.